The van der Waals surface area contributed by atoms with Crippen LogP contribution in [0.4, 0.5) is 0 Å². The number of phenolic OH excluding ortho intramolecular Hbond substituents is 1. The lowest BCUT2D eigenvalue weighted by atomic mass is 10.2. The molecule has 1 amide bonds. The molecule has 126 valence electrons. The summed E-state index contributed by atoms with van der Waals surface area (Å²) >= 11 is 7.90. The van der Waals surface area contributed by atoms with Crippen molar-refractivity contribution in [1.29, 1.82) is 0 Å². The second-order valence-corrected chi connectivity index (χ2v) is 6.17. The molecule has 0 aliphatic carbocycles. The maximum absolute atomic E-state index is 12.0. The Morgan fingerprint density at radius 1 is 1.29 bits per heavy atom. The second-order valence-electron chi connectivity index (χ2n) is 4.60. The van der Waals surface area contributed by atoms with Gasteiger partial charge in [0, 0.05) is 5.56 Å². The second kappa shape index (κ2) is 8.20. The van der Waals surface area contributed by atoms with E-state index in [0.717, 1.165) is 9.13 Å². The number of amides is 1. The summed E-state index contributed by atoms with van der Waals surface area (Å²) < 4.78 is 11.4. The number of phenols is 1. The summed E-state index contributed by atoms with van der Waals surface area (Å²) in [5.41, 5.74) is 3.42. The zero-order chi connectivity index (χ0) is 17.7. The van der Waals surface area contributed by atoms with Crippen molar-refractivity contribution in [2.75, 3.05) is 14.2 Å². The molecule has 0 heterocycles. The van der Waals surface area contributed by atoms with E-state index in [1.165, 1.54) is 24.4 Å². The van der Waals surface area contributed by atoms with Gasteiger partial charge in [0.2, 0.25) is 0 Å². The van der Waals surface area contributed by atoms with E-state index in [9.17, 15) is 9.90 Å². The molecule has 24 heavy (non-hydrogen) atoms. The molecule has 0 radical (unpaired) electrons. The van der Waals surface area contributed by atoms with Gasteiger partial charge in [-0.2, -0.15) is 5.10 Å². The van der Waals surface area contributed by atoms with Gasteiger partial charge in [-0.05, 0) is 58.5 Å². The average Bonchev–Trinajstić information content (AvgIpc) is 2.56. The van der Waals surface area contributed by atoms with Crippen LogP contribution in [0.2, 0.25) is 5.02 Å². The molecule has 0 saturated carbocycles. The highest BCUT2D eigenvalue weighted by Crippen LogP contribution is 2.33. The lowest BCUT2D eigenvalue weighted by Gasteiger charge is -2.10. The topological polar surface area (TPSA) is 80.2 Å². The van der Waals surface area contributed by atoms with Gasteiger partial charge in [-0.15, -0.1) is 0 Å². The number of nitrogens with zero attached hydrogens (tertiary/aromatic N) is 1. The van der Waals surface area contributed by atoms with Crippen molar-refractivity contribution in [2.24, 2.45) is 5.10 Å². The molecule has 2 N–H and O–H groups in total. The van der Waals surface area contributed by atoms with Gasteiger partial charge in [-0.25, -0.2) is 5.43 Å². The number of methoxy groups -OCH3 is 2. The van der Waals surface area contributed by atoms with Crippen molar-refractivity contribution in [3.8, 4) is 17.2 Å². The summed E-state index contributed by atoms with van der Waals surface area (Å²) in [4.78, 5) is 12.0. The highest BCUT2D eigenvalue weighted by Gasteiger charge is 2.10. The molecule has 0 aliphatic rings. The van der Waals surface area contributed by atoms with Gasteiger partial charge in [0.25, 0.3) is 5.91 Å². The lowest BCUT2D eigenvalue weighted by molar-refractivity contribution is 0.0955. The van der Waals surface area contributed by atoms with Crippen molar-refractivity contribution < 1.29 is 19.4 Å². The number of rotatable bonds is 5. The summed E-state index contributed by atoms with van der Waals surface area (Å²) in [5.74, 6) is 0.681. The minimum absolute atomic E-state index is 0.0865. The van der Waals surface area contributed by atoms with Crippen LogP contribution in [0.1, 0.15) is 15.9 Å². The van der Waals surface area contributed by atoms with Crippen LogP contribution in [-0.4, -0.2) is 31.4 Å². The number of aromatic hydroxyl groups is 1. The molecule has 2 rings (SSSR count). The van der Waals surface area contributed by atoms with Crippen molar-refractivity contribution in [1.82, 2.24) is 5.43 Å². The van der Waals surface area contributed by atoms with Crippen LogP contribution < -0.4 is 14.9 Å². The first-order valence-corrected chi connectivity index (χ1v) is 8.15. The van der Waals surface area contributed by atoms with E-state index < -0.39 is 5.91 Å². The first kappa shape index (κ1) is 18.3. The quantitative estimate of drug-likeness (QED) is 0.407. The Bertz CT molecular complexity index is 796. The minimum atomic E-state index is -0.441. The first-order valence-electron chi connectivity index (χ1n) is 6.69. The predicted molar refractivity (Wildman–Crippen MR) is 100 cm³/mol. The maximum Gasteiger partial charge on any atom is 0.271 e. The van der Waals surface area contributed by atoms with Crippen LogP contribution in [0.15, 0.2) is 35.4 Å². The minimum Gasteiger partial charge on any atom is -0.506 e. The van der Waals surface area contributed by atoms with Gasteiger partial charge in [0.1, 0.15) is 5.75 Å². The highest BCUT2D eigenvalue weighted by atomic mass is 127. The molecular weight excluding hydrogens is 447 g/mol. The molecule has 0 saturated heterocycles. The summed E-state index contributed by atoms with van der Waals surface area (Å²) in [6.45, 7) is 0. The molecule has 8 heteroatoms. The van der Waals surface area contributed by atoms with E-state index in [-0.39, 0.29) is 16.3 Å². The number of hydrazone groups is 1. The number of ether oxygens (including phenoxy) is 2. The summed E-state index contributed by atoms with van der Waals surface area (Å²) in [6, 6.07) is 7.74. The summed E-state index contributed by atoms with van der Waals surface area (Å²) in [7, 11) is 3.11. The number of carbonyl (C=O) groups excluding carboxylic acids is 1. The van der Waals surface area contributed by atoms with E-state index in [2.05, 4.69) is 33.1 Å². The van der Waals surface area contributed by atoms with Crippen molar-refractivity contribution in [3.63, 3.8) is 0 Å². The lowest BCUT2D eigenvalue weighted by Crippen LogP contribution is -2.17. The van der Waals surface area contributed by atoms with Crippen LogP contribution in [0.25, 0.3) is 0 Å². The standard InChI is InChI=1S/C16H14ClIN2O4/c1-23-14-6-9(5-12(18)15(14)24-2)8-19-20-16(22)10-3-4-13(21)11(17)7-10/h3-8,21H,1-2H3,(H,20,22)/b19-8+. The maximum atomic E-state index is 12.0. The van der Waals surface area contributed by atoms with Gasteiger partial charge in [0.05, 0.1) is 29.0 Å². The first-order chi connectivity index (χ1) is 11.5. The molecular formula is C16H14ClIN2O4. The average molecular weight is 461 g/mol. The van der Waals surface area contributed by atoms with Gasteiger partial charge >= 0.3 is 0 Å². The van der Waals surface area contributed by atoms with Gasteiger partial charge in [0.15, 0.2) is 11.5 Å². The predicted octanol–water partition coefficient (Wildman–Crippen LogP) is 3.43. The fraction of sp³-hybridized carbons (Fsp3) is 0.125. The van der Waals surface area contributed by atoms with Crippen LogP contribution in [0.5, 0.6) is 17.2 Å². The Morgan fingerprint density at radius 3 is 2.67 bits per heavy atom. The molecule has 0 fully saturated rings. The SMILES string of the molecule is COc1cc(/C=N/NC(=O)c2ccc(O)c(Cl)c2)cc(I)c1OC. The molecule has 0 aromatic heterocycles. The molecule has 0 aliphatic heterocycles. The Hall–Kier alpha value is -2.00. The molecule has 2 aromatic rings. The number of carbonyl (C=O) groups is 1. The highest BCUT2D eigenvalue weighted by molar-refractivity contribution is 14.1. The van der Waals surface area contributed by atoms with Crippen LogP contribution in [-0.2, 0) is 0 Å². The zero-order valence-electron chi connectivity index (χ0n) is 12.8. The van der Waals surface area contributed by atoms with E-state index in [1.54, 1.807) is 20.3 Å². The Labute approximate surface area is 157 Å². The third-order valence-corrected chi connectivity index (χ3v) is 4.15. The number of nitrogens with one attached hydrogen (secondary N) is 1. The number of hydrogen-bond acceptors (Lipinski definition) is 5. The summed E-state index contributed by atoms with van der Waals surface area (Å²) in [6.07, 6.45) is 1.49. The molecule has 6 nitrogen and oxygen atoms in total. The third-order valence-electron chi connectivity index (χ3n) is 3.05. The van der Waals surface area contributed by atoms with E-state index in [1.807, 2.05) is 6.07 Å². The number of benzene rings is 2. The molecule has 0 spiro atoms. The summed E-state index contributed by atoms with van der Waals surface area (Å²) in [5, 5.41) is 13.4. The van der Waals surface area contributed by atoms with Crippen molar-refractivity contribution in [2.45, 2.75) is 0 Å². The van der Waals surface area contributed by atoms with Crippen LogP contribution in [0.3, 0.4) is 0 Å². The smallest absolute Gasteiger partial charge is 0.271 e. The fourth-order valence-corrected chi connectivity index (χ4v) is 2.92. The normalized spacial score (nSPS) is 10.7. The van der Waals surface area contributed by atoms with E-state index in [0.29, 0.717) is 11.5 Å². The third kappa shape index (κ3) is 4.30. The zero-order valence-corrected chi connectivity index (χ0v) is 15.8. The fourth-order valence-electron chi connectivity index (χ4n) is 1.89. The van der Waals surface area contributed by atoms with Gasteiger partial charge < -0.3 is 14.6 Å². The largest absolute Gasteiger partial charge is 0.506 e. The van der Waals surface area contributed by atoms with Gasteiger partial charge in [-0.3, -0.25) is 4.79 Å². The monoisotopic (exact) mass is 460 g/mol. The van der Waals surface area contributed by atoms with Crippen LogP contribution in [0, 0.1) is 3.57 Å². The Balaban J connectivity index is 2.12. The Morgan fingerprint density at radius 2 is 2.04 bits per heavy atom. The molecule has 0 unspecified atom stereocenters. The van der Waals surface area contributed by atoms with Crippen molar-refractivity contribution in [3.05, 3.63) is 50.1 Å². The van der Waals surface area contributed by atoms with Crippen molar-refractivity contribution >= 4 is 46.3 Å². The van der Waals surface area contributed by atoms with Crippen LogP contribution >= 0.6 is 34.2 Å². The van der Waals surface area contributed by atoms with Gasteiger partial charge in [-0.1, -0.05) is 11.6 Å². The Kier molecular flexibility index (Phi) is 6.27. The molecule has 0 bridgehead atoms. The number of halogens is 2. The number of hydrogen-bond donors (Lipinski definition) is 2. The van der Waals surface area contributed by atoms with E-state index >= 15 is 0 Å². The molecule has 0 atom stereocenters. The molecule has 2 aromatic carbocycles. The van der Waals surface area contributed by atoms with E-state index in [4.69, 9.17) is 21.1 Å².